The lowest BCUT2D eigenvalue weighted by Gasteiger charge is -2.07. The van der Waals surface area contributed by atoms with Gasteiger partial charge >= 0.3 is 0 Å². The fourth-order valence-electron chi connectivity index (χ4n) is 2.12. The molecule has 0 aromatic heterocycles. The predicted molar refractivity (Wildman–Crippen MR) is 51.9 cm³/mol. The summed E-state index contributed by atoms with van der Waals surface area (Å²) in [5.74, 6) is 1.65. The first-order valence-corrected chi connectivity index (χ1v) is 5.16. The minimum absolute atomic E-state index is 0.338. The Morgan fingerprint density at radius 1 is 1.46 bits per heavy atom. The molecule has 0 aromatic carbocycles. The molecule has 72 valence electrons. The normalized spacial score (nSPS) is 22.9. The second-order valence-corrected chi connectivity index (χ2v) is 3.88. The van der Waals surface area contributed by atoms with Crippen LogP contribution in [-0.4, -0.2) is 24.7 Å². The van der Waals surface area contributed by atoms with E-state index in [2.05, 4.69) is 10.3 Å². The lowest BCUT2D eigenvalue weighted by Crippen LogP contribution is -2.24. The number of carbonyl (C=O) groups is 1. The summed E-state index contributed by atoms with van der Waals surface area (Å²) in [6.45, 7) is 1.75. The van der Waals surface area contributed by atoms with Gasteiger partial charge in [0, 0.05) is 12.5 Å². The Hall–Kier alpha value is -0.860. The van der Waals surface area contributed by atoms with E-state index >= 15 is 0 Å². The van der Waals surface area contributed by atoms with Crippen molar-refractivity contribution >= 4 is 11.6 Å². The standard InChI is InChI=1S/C10H16N2O/c13-9(8-3-1-2-4-8)7-10-11-5-6-12-10/h8H,1-7H2,(H,11,12). The topological polar surface area (TPSA) is 41.5 Å². The highest BCUT2D eigenvalue weighted by Gasteiger charge is 2.23. The van der Waals surface area contributed by atoms with Crippen molar-refractivity contribution in [1.29, 1.82) is 0 Å². The number of rotatable bonds is 3. The molecule has 0 unspecified atom stereocenters. The maximum Gasteiger partial charge on any atom is 0.143 e. The van der Waals surface area contributed by atoms with E-state index in [4.69, 9.17) is 0 Å². The van der Waals surface area contributed by atoms with Gasteiger partial charge in [0.05, 0.1) is 13.0 Å². The van der Waals surface area contributed by atoms with Crippen LogP contribution in [0.2, 0.25) is 0 Å². The highest BCUT2D eigenvalue weighted by Crippen LogP contribution is 2.26. The molecular weight excluding hydrogens is 164 g/mol. The van der Waals surface area contributed by atoms with E-state index in [1.165, 1.54) is 12.8 Å². The fraction of sp³-hybridized carbons (Fsp3) is 0.800. The summed E-state index contributed by atoms with van der Waals surface area (Å²) in [5.41, 5.74) is 0. The van der Waals surface area contributed by atoms with Gasteiger partial charge in [0.1, 0.15) is 11.6 Å². The van der Waals surface area contributed by atoms with Crippen LogP contribution in [0.3, 0.4) is 0 Å². The maximum absolute atomic E-state index is 11.7. The Morgan fingerprint density at radius 3 is 2.85 bits per heavy atom. The molecule has 1 saturated carbocycles. The summed E-state index contributed by atoms with van der Waals surface area (Å²) in [6, 6.07) is 0. The molecule has 0 atom stereocenters. The minimum Gasteiger partial charge on any atom is -0.372 e. The molecule has 0 aromatic rings. The van der Waals surface area contributed by atoms with E-state index in [1.54, 1.807) is 0 Å². The molecule has 2 aliphatic rings. The highest BCUT2D eigenvalue weighted by molar-refractivity contribution is 6.02. The zero-order valence-electron chi connectivity index (χ0n) is 7.88. The van der Waals surface area contributed by atoms with Gasteiger partial charge < -0.3 is 5.32 Å². The van der Waals surface area contributed by atoms with E-state index in [-0.39, 0.29) is 0 Å². The van der Waals surface area contributed by atoms with Gasteiger partial charge in [-0.1, -0.05) is 12.8 Å². The molecule has 1 N–H and O–H groups in total. The highest BCUT2D eigenvalue weighted by atomic mass is 16.1. The van der Waals surface area contributed by atoms with Gasteiger partial charge in [0.25, 0.3) is 0 Å². The number of nitrogens with zero attached hydrogens (tertiary/aromatic N) is 1. The van der Waals surface area contributed by atoms with Crippen LogP contribution in [0.15, 0.2) is 4.99 Å². The van der Waals surface area contributed by atoms with Crippen molar-refractivity contribution in [2.24, 2.45) is 10.9 Å². The molecule has 1 aliphatic carbocycles. The molecule has 1 fully saturated rings. The molecule has 0 saturated heterocycles. The monoisotopic (exact) mass is 180 g/mol. The van der Waals surface area contributed by atoms with Gasteiger partial charge in [-0.15, -0.1) is 0 Å². The van der Waals surface area contributed by atoms with Crippen LogP contribution in [-0.2, 0) is 4.79 Å². The fourth-order valence-corrected chi connectivity index (χ4v) is 2.12. The molecule has 3 heteroatoms. The Kier molecular flexibility index (Phi) is 2.62. The van der Waals surface area contributed by atoms with E-state index in [9.17, 15) is 4.79 Å². The Labute approximate surface area is 78.6 Å². The maximum atomic E-state index is 11.7. The first-order valence-electron chi connectivity index (χ1n) is 5.16. The van der Waals surface area contributed by atoms with Crippen LogP contribution in [0.1, 0.15) is 32.1 Å². The summed E-state index contributed by atoms with van der Waals surface area (Å²) in [4.78, 5) is 15.9. The van der Waals surface area contributed by atoms with Crippen LogP contribution in [0, 0.1) is 5.92 Å². The van der Waals surface area contributed by atoms with Crippen LogP contribution >= 0.6 is 0 Å². The SMILES string of the molecule is O=C(CC1=NCCN1)C1CCCC1. The van der Waals surface area contributed by atoms with Gasteiger partial charge in [0.2, 0.25) is 0 Å². The van der Waals surface area contributed by atoms with Crippen molar-refractivity contribution in [3.63, 3.8) is 0 Å². The third kappa shape index (κ3) is 2.08. The van der Waals surface area contributed by atoms with E-state index in [0.717, 1.165) is 31.8 Å². The van der Waals surface area contributed by atoms with Crippen LogP contribution in [0.5, 0.6) is 0 Å². The minimum atomic E-state index is 0.338. The summed E-state index contributed by atoms with van der Waals surface area (Å²) < 4.78 is 0. The number of carbonyl (C=O) groups excluding carboxylic acids is 1. The van der Waals surface area contributed by atoms with Crippen LogP contribution in [0.4, 0.5) is 0 Å². The summed E-state index contributed by atoms with van der Waals surface area (Å²) in [6.07, 6.45) is 5.22. The van der Waals surface area contributed by atoms with Crippen molar-refractivity contribution in [2.75, 3.05) is 13.1 Å². The van der Waals surface area contributed by atoms with Crippen molar-refractivity contribution in [3.8, 4) is 0 Å². The second kappa shape index (κ2) is 3.90. The molecule has 13 heavy (non-hydrogen) atoms. The van der Waals surface area contributed by atoms with Gasteiger partial charge in [-0.3, -0.25) is 9.79 Å². The number of hydrogen-bond acceptors (Lipinski definition) is 3. The summed E-state index contributed by atoms with van der Waals surface area (Å²) >= 11 is 0. The molecule has 0 spiro atoms. The largest absolute Gasteiger partial charge is 0.372 e. The number of nitrogens with one attached hydrogen (secondary N) is 1. The second-order valence-electron chi connectivity index (χ2n) is 3.88. The third-order valence-electron chi connectivity index (χ3n) is 2.90. The van der Waals surface area contributed by atoms with Crippen molar-refractivity contribution in [3.05, 3.63) is 0 Å². The molecule has 0 radical (unpaired) electrons. The zero-order chi connectivity index (χ0) is 9.10. The van der Waals surface area contributed by atoms with Crippen molar-refractivity contribution < 1.29 is 4.79 Å². The third-order valence-corrected chi connectivity index (χ3v) is 2.90. The average molecular weight is 180 g/mol. The average Bonchev–Trinajstić information content (AvgIpc) is 2.74. The number of Topliss-reactive ketones (excluding diaryl/α,β-unsaturated/α-hetero) is 1. The first kappa shape index (κ1) is 8.73. The van der Waals surface area contributed by atoms with Crippen LogP contribution < -0.4 is 5.32 Å². The molecule has 0 amide bonds. The van der Waals surface area contributed by atoms with E-state index in [0.29, 0.717) is 18.1 Å². The lowest BCUT2D eigenvalue weighted by molar-refractivity contribution is -0.121. The van der Waals surface area contributed by atoms with Gasteiger partial charge in [-0.25, -0.2) is 0 Å². The van der Waals surface area contributed by atoms with Crippen LogP contribution in [0.25, 0.3) is 0 Å². The Balaban J connectivity index is 1.83. The molecule has 3 nitrogen and oxygen atoms in total. The smallest absolute Gasteiger partial charge is 0.143 e. The first-order chi connectivity index (χ1) is 6.36. The molecule has 1 aliphatic heterocycles. The Morgan fingerprint density at radius 2 is 2.23 bits per heavy atom. The van der Waals surface area contributed by atoms with E-state index < -0.39 is 0 Å². The lowest BCUT2D eigenvalue weighted by atomic mass is 10.00. The number of hydrogen-bond donors (Lipinski definition) is 1. The zero-order valence-corrected chi connectivity index (χ0v) is 7.88. The number of amidine groups is 1. The van der Waals surface area contributed by atoms with Gasteiger partial charge in [0.15, 0.2) is 0 Å². The molecule has 2 rings (SSSR count). The quantitative estimate of drug-likeness (QED) is 0.707. The van der Waals surface area contributed by atoms with E-state index in [1.807, 2.05) is 0 Å². The number of ketones is 1. The van der Waals surface area contributed by atoms with Crippen molar-refractivity contribution in [2.45, 2.75) is 32.1 Å². The van der Waals surface area contributed by atoms with Crippen molar-refractivity contribution in [1.82, 2.24) is 5.32 Å². The predicted octanol–water partition coefficient (Wildman–Crippen LogP) is 1.14. The number of aliphatic imine (C=N–C) groups is 1. The molecular formula is C10H16N2O. The van der Waals surface area contributed by atoms with Gasteiger partial charge in [-0.05, 0) is 12.8 Å². The summed E-state index contributed by atoms with van der Waals surface area (Å²) in [5, 5.41) is 3.14. The molecule has 1 heterocycles. The Bertz CT molecular complexity index is 229. The van der Waals surface area contributed by atoms with Gasteiger partial charge in [-0.2, -0.15) is 0 Å². The molecule has 0 bridgehead atoms. The summed E-state index contributed by atoms with van der Waals surface area (Å²) in [7, 11) is 0.